The van der Waals surface area contributed by atoms with E-state index in [1.54, 1.807) is 30.3 Å². The lowest BCUT2D eigenvalue weighted by Gasteiger charge is -2.14. The van der Waals surface area contributed by atoms with Crippen LogP contribution in [-0.2, 0) is 17.8 Å². The van der Waals surface area contributed by atoms with Crippen molar-refractivity contribution in [3.05, 3.63) is 52.5 Å². The first kappa shape index (κ1) is 21.8. The lowest BCUT2D eigenvalue weighted by atomic mass is 10.3. The van der Waals surface area contributed by atoms with Crippen LogP contribution in [0.25, 0.3) is 11.0 Å². The Morgan fingerprint density at radius 2 is 1.97 bits per heavy atom. The molecule has 0 unspecified atom stereocenters. The summed E-state index contributed by atoms with van der Waals surface area (Å²) < 4.78 is 2.24. The predicted octanol–water partition coefficient (Wildman–Crippen LogP) is 2.66. The number of thiophene rings is 1. The number of aliphatic imine (C=N–C) groups is 1. The lowest BCUT2D eigenvalue weighted by molar-refractivity contribution is -0.127. The molecule has 0 saturated heterocycles. The Kier molecular flexibility index (Phi) is 7.84. The van der Waals surface area contributed by atoms with Crippen LogP contribution in [0.3, 0.4) is 0 Å². The molecule has 0 aliphatic rings. The zero-order chi connectivity index (χ0) is 21.3. The lowest BCUT2D eigenvalue weighted by Crippen LogP contribution is -2.40. The zero-order valence-corrected chi connectivity index (χ0v) is 18.7. The number of aromatic nitrogens is 2. The first-order valence-electron chi connectivity index (χ1n) is 10.2. The van der Waals surface area contributed by atoms with Crippen LogP contribution in [0, 0.1) is 6.92 Å². The second-order valence-corrected chi connectivity index (χ2v) is 8.32. The molecule has 30 heavy (non-hydrogen) atoms. The van der Waals surface area contributed by atoms with Gasteiger partial charge in [-0.1, -0.05) is 18.2 Å². The largest absolute Gasteiger partial charge is 0.356 e. The SMILES string of the molecule is Cc1nc2ccccc2n1CCCNC(=NCC(=O)N(C)C)NCCc1cccs1. The quantitative estimate of drug-likeness (QED) is 0.313. The number of nitrogens with one attached hydrogen (secondary N) is 2. The van der Waals surface area contributed by atoms with Gasteiger partial charge in [-0.3, -0.25) is 4.79 Å². The summed E-state index contributed by atoms with van der Waals surface area (Å²) in [5, 5.41) is 8.79. The van der Waals surface area contributed by atoms with E-state index in [1.165, 1.54) is 4.88 Å². The number of hydrogen-bond donors (Lipinski definition) is 2. The molecule has 7 nitrogen and oxygen atoms in total. The number of carbonyl (C=O) groups is 1. The van der Waals surface area contributed by atoms with Gasteiger partial charge >= 0.3 is 0 Å². The van der Waals surface area contributed by atoms with Gasteiger partial charge in [-0.15, -0.1) is 11.3 Å². The second-order valence-electron chi connectivity index (χ2n) is 7.29. The van der Waals surface area contributed by atoms with E-state index in [1.807, 2.05) is 25.1 Å². The molecular formula is C22H30N6OS. The van der Waals surface area contributed by atoms with Crippen molar-refractivity contribution in [3.8, 4) is 0 Å². The Balaban J connectivity index is 1.53. The minimum absolute atomic E-state index is 0.0186. The van der Waals surface area contributed by atoms with Crippen LogP contribution in [0.4, 0.5) is 0 Å². The van der Waals surface area contributed by atoms with Gasteiger partial charge in [0.2, 0.25) is 5.91 Å². The molecule has 2 N–H and O–H groups in total. The van der Waals surface area contributed by atoms with Gasteiger partial charge in [-0.25, -0.2) is 9.98 Å². The van der Waals surface area contributed by atoms with Gasteiger partial charge in [0.1, 0.15) is 12.4 Å². The maximum atomic E-state index is 11.9. The number of para-hydroxylation sites is 2. The third kappa shape index (κ3) is 6.06. The average molecular weight is 427 g/mol. The van der Waals surface area contributed by atoms with Crippen molar-refractivity contribution in [1.82, 2.24) is 25.1 Å². The molecule has 0 aliphatic heterocycles. The molecule has 3 aromatic rings. The summed E-state index contributed by atoms with van der Waals surface area (Å²) in [6, 6.07) is 12.4. The topological polar surface area (TPSA) is 74.5 Å². The number of likely N-dealkylation sites (N-methyl/N-ethyl adjacent to an activating group) is 1. The molecule has 160 valence electrons. The Bertz CT molecular complexity index is 977. The average Bonchev–Trinajstić information content (AvgIpc) is 3.35. The molecule has 1 amide bonds. The predicted molar refractivity (Wildman–Crippen MR) is 124 cm³/mol. The van der Waals surface area contributed by atoms with Crippen molar-refractivity contribution in [1.29, 1.82) is 0 Å². The number of carbonyl (C=O) groups excluding carboxylic acids is 1. The number of imidazole rings is 1. The molecule has 1 aromatic carbocycles. The highest BCUT2D eigenvalue weighted by molar-refractivity contribution is 7.09. The van der Waals surface area contributed by atoms with Gasteiger partial charge < -0.3 is 20.1 Å². The molecule has 0 radical (unpaired) electrons. The number of rotatable bonds is 9. The molecule has 2 heterocycles. The molecule has 2 aromatic heterocycles. The van der Waals surface area contributed by atoms with Crippen molar-refractivity contribution in [3.63, 3.8) is 0 Å². The summed E-state index contributed by atoms with van der Waals surface area (Å²) in [5.74, 6) is 1.68. The highest BCUT2D eigenvalue weighted by atomic mass is 32.1. The van der Waals surface area contributed by atoms with Crippen LogP contribution in [0.2, 0.25) is 0 Å². The standard InChI is InChI=1S/C22H30N6OS/c1-17-26-19-9-4-5-10-20(19)28(17)14-7-12-23-22(25-16-21(29)27(2)3)24-13-11-18-8-6-15-30-18/h4-6,8-10,15H,7,11-14,16H2,1-3H3,(H2,23,24,25). The number of aryl methyl sites for hydroxylation is 2. The highest BCUT2D eigenvalue weighted by Crippen LogP contribution is 2.15. The summed E-state index contributed by atoms with van der Waals surface area (Å²) in [7, 11) is 3.49. The Labute approximate surface area is 181 Å². The highest BCUT2D eigenvalue weighted by Gasteiger charge is 2.07. The van der Waals surface area contributed by atoms with Crippen molar-refractivity contribution < 1.29 is 4.79 Å². The van der Waals surface area contributed by atoms with Crippen molar-refractivity contribution in [2.75, 3.05) is 33.7 Å². The third-order valence-electron chi connectivity index (χ3n) is 4.81. The third-order valence-corrected chi connectivity index (χ3v) is 5.75. The van der Waals surface area contributed by atoms with E-state index in [0.717, 1.165) is 49.3 Å². The van der Waals surface area contributed by atoms with Crippen molar-refractivity contribution in [2.45, 2.75) is 26.3 Å². The van der Waals surface area contributed by atoms with Gasteiger partial charge in [0.05, 0.1) is 11.0 Å². The molecule has 0 bridgehead atoms. The monoisotopic (exact) mass is 426 g/mol. The van der Waals surface area contributed by atoms with E-state index in [9.17, 15) is 4.79 Å². The van der Waals surface area contributed by atoms with Crippen molar-refractivity contribution in [2.24, 2.45) is 4.99 Å². The van der Waals surface area contributed by atoms with Gasteiger partial charge in [0.15, 0.2) is 5.96 Å². The fraction of sp³-hybridized carbons (Fsp3) is 0.409. The summed E-state index contributed by atoms with van der Waals surface area (Å²) >= 11 is 1.75. The van der Waals surface area contributed by atoms with Crippen LogP contribution in [0.5, 0.6) is 0 Å². The van der Waals surface area contributed by atoms with E-state index >= 15 is 0 Å². The Morgan fingerprint density at radius 1 is 1.17 bits per heavy atom. The molecule has 0 spiro atoms. The van der Waals surface area contributed by atoms with Crippen LogP contribution in [0.15, 0.2) is 46.8 Å². The molecule has 0 atom stereocenters. The van der Waals surface area contributed by atoms with Gasteiger partial charge in [0.25, 0.3) is 0 Å². The van der Waals surface area contributed by atoms with Gasteiger partial charge in [-0.2, -0.15) is 0 Å². The Morgan fingerprint density at radius 3 is 2.73 bits per heavy atom. The summed E-state index contributed by atoms with van der Waals surface area (Å²) in [4.78, 5) is 23.9. The van der Waals surface area contributed by atoms with E-state index in [4.69, 9.17) is 0 Å². The molecule has 0 fully saturated rings. The van der Waals surface area contributed by atoms with Crippen LogP contribution in [-0.4, -0.2) is 60.0 Å². The minimum Gasteiger partial charge on any atom is -0.356 e. The normalized spacial score (nSPS) is 11.6. The van der Waals surface area contributed by atoms with Gasteiger partial charge in [0, 0.05) is 38.6 Å². The Hall–Kier alpha value is -2.87. The maximum Gasteiger partial charge on any atom is 0.243 e. The summed E-state index contributed by atoms with van der Waals surface area (Å²) in [6.07, 6.45) is 1.86. The number of benzene rings is 1. The second kappa shape index (κ2) is 10.8. The molecule has 0 aliphatic carbocycles. The zero-order valence-electron chi connectivity index (χ0n) is 17.9. The van der Waals surface area contributed by atoms with E-state index in [-0.39, 0.29) is 12.5 Å². The minimum atomic E-state index is -0.0186. The fourth-order valence-electron chi connectivity index (χ4n) is 3.14. The molecule has 0 saturated carbocycles. The maximum absolute atomic E-state index is 11.9. The number of nitrogens with zero attached hydrogens (tertiary/aromatic N) is 4. The van der Waals surface area contributed by atoms with Crippen molar-refractivity contribution >= 4 is 34.2 Å². The first-order valence-corrected chi connectivity index (χ1v) is 11.1. The fourth-order valence-corrected chi connectivity index (χ4v) is 3.85. The first-order chi connectivity index (χ1) is 14.5. The van der Waals surface area contributed by atoms with E-state index in [0.29, 0.717) is 5.96 Å². The van der Waals surface area contributed by atoms with Gasteiger partial charge in [-0.05, 0) is 43.3 Å². The smallest absolute Gasteiger partial charge is 0.243 e. The van der Waals surface area contributed by atoms with Crippen LogP contribution < -0.4 is 10.6 Å². The van der Waals surface area contributed by atoms with E-state index in [2.05, 4.69) is 48.8 Å². The summed E-state index contributed by atoms with van der Waals surface area (Å²) in [5.41, 5.74) is 2.19. The number of hydrogen-bond acceptors (Lipinski definition) is 4. The summed E-state index contributed by atoms with van der Waals surface area (Å²) in [6.45, 7) is 4.57. The van der Waals surface area contributed by atoms with Crippen LogP contribution >= 0.6 is 11.3 Å². The number of guanidine groups is 1. The van der Waals surface area contributed by atoms with Crippen LogP contribution in [0.1, 0.15) is 17.1 Å². The molecule has 8 heteroatoms. The number of amides is 1. The number of fused-ring (bicyclic) bond motifs is 1. The molecular weight excluding hydrogens is 396 g/mol. The van der Waals surface area contributed by atoms with E-state index < -0.39 is 0 Å². The molecule has 3 rings (SSSR count).